The Morgan fingerprint density at radius 2 is 1.95 bits per heavy atom. The van der Waals surface area contributed by atoms with Crippen LogP contribution in [0.1, 0.15) is 61.8 Å². The predicted molar refractivity (Wildman–Crippen MR) is 145 cm³/mol. The van der Waals surface area contributed by atoms with Gasteiger partial charge in [-0.15, -0.1) is 0 Å². The molecule has 206 valence electrons. The molecule has 0 saturated carbocycles. The molecule has 0 radical (unpaired) electrons. The van der Waals surface area contributed by atoms with Crippen molar-refractivity contribution in [3.8, 4) is 0 Å². The Morgan fingerprint density at radius 3 is 2.56 bits per heavy atom. The van der Waals surface area contributed by atoms with Gasteiger partial charge in [0, 0.05) is 54.5 Å². The molecule has 0 fully saturated rings. The van der Waals surface area contributed by atoms with Crippen molar-refractivity contribution in [3.63, 3.8) is 0 Å². The molecule has 0 spiro atoms. The van der Waals surface area contributed by atoms with E-state index in [9.17, 15) is 4.79 Å². The number of carboxylic acids is 1. The summed E-state index contributed by atoms with van der Waals surface area (Å²) in [5, 5.41) is 11.8. The standard InChI is InChI=1S/C30H32F3N3O3/c1-5-35-15-20(14-34-35)19-7-8-25-21(13-19)22-10-17(2)36(16-30(3,4)33)28(29(22)39-25)27-23(31)11-18(12-24(27)32)6-9-26(37)38/h6-9,11-13,15,17,28,34H,5,10,14,16H2,1-4H3,(H,37,38)/b9-6+/t17-,28-/m0/s1. The van der Waals surface area contributed by atoms with E-state index >= 15 is 13.2 Å². The second-order valence-corrected chi connectivity index (χ2v) is 10.8. The Kier molecular flexibility index (Phi) is 7.07. The number of carboxylic acid groups (broad SMARTS) is 1. The van der Waals surface area contributed by atoms with Crippen molar-refractivity contribution in [2.75, 3.05) is 19.6 Å². The van der Waals surface area contributed by atoms with E-state index in [1.807, 2.05) is 24.1 Å². The molecular weight excluding hydrogens is 507 g/mol. The minimum atomic E-state index is -1.63. The third-order valence-corrected chi connectivity index (χ3v) is 7.32. The van der Waals surface area contributed by atoms with Crippen LogP contribution in [-0.2, 0) is 11.2 Å². The number of hydrazine groups is 1. The number of rotatable bonds is 7. The first-order chi connectivity index (χ1) is 18.4. The number of hydrogen-bond donors (Lipinski definition) is 2. The first-order valence-electron chi connectivity index (χ1n) is 13.1. The zero-order valence-electron chi connectivity index (χ0n) is 22.4. The lowest BCUT2D eigenvalue weighted by Gasteiger charge is -2.42. The van der Waals surface area contributed by atoms with Crippen molar-refractivity contribution in [2.45, 2.75) is 51.9 Å². The number of nitrogens with one attached hydrogen (secondary N) is 1. The average Bonchev–Trinajstić information content (AvgIpc) is 3.48. The van der Waals surface area contributed by atoms with Gasteiger partial charge in [0.1, 0.15) is 34.7 Å². The summed E-state index contributed by atoms with van der Waals surface area (Å²) >= 11 is 0. The zero-order valence-corrected chi connectivity index (χ0v) is 22.4. The third-order valence-electron chi connectivity index (χ3n) is 7.32. The van der Waals surface area contributed by atoms with Crippen molar-refractivity contribution < 1.29 is 27.5 Å². The molecule has 0 unspecified atom stereocenters. The van der Waals surface area contributed by atoms with E-state index in [0.717, 1.165) is 52.9 Å². The minimum absolute atomic E-state index is 0.0640. The highest BCUT2D eigenvalue weighted by Crippen LogP contribution is 2.45. The maximum absolute atomic E-state index is 15.6. The van der Waals surface area contributed by atoms with Crippen LogP contribution < -0.4 is 5.43 Å². The number of halogens is 3. The van der Waals surface area contributed by atoms with E-state index in [1.54, 1.807) is 4.90 Å². The quantitative estimate of drug-likeness (QED) is 0.355. The molecule has 2 aliphatic heterocycles. The Labute approximate surface area is 225 Å². The highest BCUT2D eigenvalue weighted by molar-refractivity contribution is 5.87. The molecule has 0 amide bonds. The van der Waals surface area contributed by atoms with Gasteiger partial charge in [-0.3, -0.25) is 4.90 Å². The number of benzene rings is 2. The monoisotopic (exact) mass is 539 g/mol. The van der Waals surface area contributed by atoms with Crippen LogP contribution in [0.3, 0.4) is 0 Å². The van der Waals surface area contributed by atoms with Gasteiger partial charge >= 0.3 is 5.97 Å². The van der Waals surface area contributed by atoms with Crippen molar-refractivity contribution in [1.82, 2.24) is 15.3 Å². The van der Waals surface area contributed by atoms with Gasteiger partial charge in [-0.05, 0) is 81.2 Å². The highest BCUT2D eigenvalue weighted by Gasteiger charge is 2.42. The molecule has 2 aliphatic rings. The van der Waals surface area contributed by atoms with Gasteiger partial charge < -0.3 is 14.5 Å². The molecule has 3 aromatic rings. The number of fused-ring (bicyclic) bond motifs is 3. The van der Waals surface area contributed by atoms with Gasteiger partial charge in [0.05, 0.1) is 0 Å². The van der Waals surface area contributed by atoms with Gasteiger partial charge in [0.2, 0.25) is 0 Å². The van der Waals surface area contributed by atoms with E-state index in [0.29, 0.717) is 24.3 Å². The first kappa shape index (κ1) is 27.0. The molecule has 9 heteroatoms. The Morgan fingerprint density at radius 1 is 1.23 bits per heavy atom. The number of carbonyl (C=O) groups is 1. The summed E-state index contributed by atoms with van der Waals surface area (Å²) < 4.78 is 52.6. The normalized spacial score (nSPS) is 20.2. The summed E-state index contributed by atoms with van der Waals surface area (Å²) in [5.41, 5.74) is 5.10. The molecule has 2 atom stereocenters. The van der Waals surface area contributed by atoms with Crippen LogP contribution >= 0.6 is 0 Å². The molecule has 5 rings (SSSR count). The lowest BCUT2D eigenvalue weighted by atomic mass is 9.87. The first-order valence-corrected chi connectivity index (χ1v) is 13.1. The topological polar surface area (TPSA) is 69.0 Å². The van der Waals surface area contributed by atoms with Gasteiger partial charge in [-0.25, -0.2) is 23.4 Å². The number of hydrogen-bond acceptors (Lipinski definition) is 5. The van der Waals surface area contributed by atoms with Crippen molar-refractivity contribution >= 4 is 28.6 Å². The fraction of sp³-hybridized carbons (Fsp3) is 0.367. The summed E-state index contributed by atoms with van der Waals surface area (Å²) in [6.45, 7) is 8.31. The van der Waals surface area contributed by atoms with Crippen LogP contribution in [0.5, 0.6) is 0 Å². The Hall–Kier alpha value is -3.56. The molecule has 3 heterocycles. The lowest BCUT2D eigenvalue weighted by Crippen LogP contribution is -2.48. The lowest BCUT2D eigenvalue weighted by molar-refractivity contribution is -0.131. The smallest absolute Gasteiger partial charge is 0.328 e. The minimum Gasteiger partial charge on any atom is -0.478 e. The van der Waals surface area contributed by atoms with E-state index in [4.69, 9.17) is 9.52 Å². The molecule has 0 aliphatic carbocycles. The summed E-state index contributed by atoms with van der Waals surface area (Å²) in [4.78, 5) is 12.6. The maximum Gasteiger partial charge on any atom is 0.328 e. The largest absolute Gasteiger partial charge is 0.478 e. The van der Waals surface area contributed by atoms with Crippen molar-refractivity contribution in [2.24, 2.45) is 0 Å². The second-order valence-electron chi connectivity index (χ2n) is 10.8. The SMILES string of the molecule is CCN1C=C(c2ccc3oc4c(c3c2)C[C@H](C)N(CC(C)(C)F)[C@H]4c2c(F)cc(/C=C/C(=O)O)cc2F)CN1. The van der Waals surface area contributed by atoms with Crippen LogP contribution in [0.2, 0.25) is 0 Å². The van der Waals surface area contributed by atoms with Crippen molar-refractivity contribution in [1.29, 1.82) is 0 Å². The number of alkyl halides is 1. The Bertz CT molecular complexity index is 1460. The Balaban J connectivity index is 1.66. The summed E-state index contributed by atoms with van der Waals surface area (Å²) in [6.07, 6.45) is 4.54. The number of aliphatic carboxylic acids is 1. The summed E-state index contributed by atoms with van der Waals surface area (Å²) in [6, 6.07) is 6.83. The van der Waals surface area contributed by atoms with Gasteiger partial charge in [0.25, 0.3) is 0 Å². The average molecular weight is 540 g/mol. The summed E-state index contributed by atoms with van der Waals surface area (Å²) in [7, 11) is 0. The molecule has 39 heavy (non-hydrogen) atoms. The summed E-state index contributed by atoms with van der Waals surface area (Å²) in [5.74, 6) is -2.54. The molecule has 2 N–H and O–H groups in total. The molecule has 1 aromatic heterocycles. The van der Waals surface area contributed by atoms with Crippen LogP contribution in [0, 0.1) is 11.6 Å². The van der Waals surface area contributed by atoms with Gasteiger partial charge in [-0.1, -0.05) is 6.07 Å². The van der Waals surface area contributed by atoms with E-state index < -0.39 is 29.3 Å². The maximum atomic E-state index is 15.6. The van der Waals surface area contributed by atoms with Crippen LogP contribution in [0.4, 0.5) is 13.2 Å². The number of furan rings is 1. The van der Waals surface area contributed by atoms with Crippen LogP contribution in [-0.4, -0.2) is 52.3 Å². The van der Waals surface area contributed by atoms with Gasteiger partial charge in [0.15, 0.2) is 0 Å². The molecule has 0 saturated heterocycles. The van der Waals surface area contributed by atoms with Crippen LogP contribution in [0.15, 0.2) is 47.0 Å². The van der Waals surface area contributed by atoms with E-state index in [2.05, 4.69) is 24.6 Å². The third kappa shape index (κ3) is 5.33. The van der Waals surface area contributed by atoms with E-state index in [1.165, 1.54) is 13.8 Å². The highest BCUT2D eigenvalue weighted by atomic mass is 19.1. The van der Waals surface area contributed by atoms with Crippen molar-refractivity contribution in [3.05, 3.63) is 82.3 Å². The molecular formula is C30H32F3N3O3. The fourth-order valence-corrected chi connectivity index (χ4v) is 5.57. The molecule has 2 aromatic carbocycles. The second kappa shape index (κ2) is 10.2. The zero-order chi connectivity index (χ0) is 28.1. The van der Waals surface area contributed by atoms with E-state index in [-0.39, 0.29) is 23.7 Å². The predicted octanol–water partition coefficient (Wildman–Crippen LogP) is 6.07. The fourth-order valence-electron chi connectivity index (χ4n) is 5.57. The number of nitrogens with zero attached hydrogens (tertiary/aromatic N) is 2. The van der Waals surface area contributed by atoms with Crippen LogP contribution in [0.25, 0.3) is 22.6 Å². The molecule has 6 nitrogen and oxygen atoms in total. The molecule has 0 bridgehead atoms. The van der Waals surface area contributed by atoms with Gasteiger partial charge in [-0.2, -0.15) is 0 Å².